The van der Waals surface area contributed by atoms with Gasteiger partial charge in [-0.1, -0.05) is 42.3 Å². The average molecular weight is 451 g/mol. The molecule has 3 rings (SSSR count). The minimum atomic E-state index is -0.204. The van der Waals surface area contributed by atoms with Gasteiger partial charge in [0.25, 0.3) is 5.56 Å². The molecule has 2 atom stereocenters. The van der Waals surface area contributed by atoms with Crippen molar-refractivity contribution in [1.82, 2.24) is 20.2 Å². The third-order valence-corrected chi connectivity index (χ3v) is 5.82. The van der Waals surface area contributed by atoms with Crippen molar-refractivity contribution in [3.63, 3.8) is 0 Å². The molecule has 2 N–H and O–H groups in total. The lowest BCUT2D eigenvalue weighted by molar-refractivity contribution is 0.204. The van der Waals surface area contributed by atoms with Gasteiger partial charge in [-0.25, -0.2) is 4.98 Å². The number of hydrogen-bond acceptors (Lipinski definition) is 5. The molecular weight excluding hydrogens is 420 g/mol. The first-order valence-corrected chi connectivity index (χ1v) is 10.9. The molecule has 0 saturated heterocycles. The van der Waals surface area contributed by atoms with Crippen LogP contribution in [0.5, 0.6) is 5.75 Å². The van der Waals surface area contributed by atoms with Crippen molar-refractivity contribution < 1.29 is 4.74 Å². The summed E-state index contributed by atoms with van der Waals surface area (Å²) in [6.07, 6.45) is 8.23. The molecule has 154 valence electrons. The number of nitrogens with one attached hydrogen (secondary N) is 2. The molecule has 6 nitrogen and oxygen atoms in total. The minimum absolute atomic E-state index is 0.0203. The Morgan fingerprint density at radius 1 is 1.39 bits per heavy atom. The molecule has 0 spiro atoms. The van der Waals surface area contributed by atoms with E-state index in [2.05, 4.69) is 64.9 Å². The van der Waals surface area contributed by atoms with E-state index in [1.165, 1.54) is 12.8 Å². The summed E-state index contributed by atoms with van der Waals surface area (Å²) >= 11 is 3.51. The second kappa shape index (κ2) is 8.93. The standard InChI is InChI=1S/C21H31BrN4O2/c1-5-7-10-26(6-2)13-21(3,4)23-12-17-24-18-15-11-14(22)8-9-16(15)28-19(18)20(27)25-17/h8-9,11,15-16,23H,5-7,10,12-13H2,1-4H3,(H,24,25,27). The summed E-state index contributed by atoms with van der Waals surface area (Å²) in [5.41, 5.74) is 0.435. The highest BCUT2D eigenvalue weighted by Crippen LogP contribution is 2.39. The molecule has 2 aliphatic rings. The van der Waals surface area contributed by atoms with Gasteiger partial charge in [0.05, 0.1) is 12.5 Å². The van der Waals surface area contributed by atoms with E-state index in [-0.39, 0.29) is 23.1 Å². The summed E-state index contributed by atoms with van der Waals surface area (Å²) in [6, 6.07) is 0. The molecule has 0 fully saturated rings. The van der Waals surface area contributed by atoms with Crippen molar-refractivity contribution in [2.24, 2.45) is 0 Å². The molecule has 1 aliphatic heterocycles. The van der Waals surface area contributed by atoms with E-state index in [1.807, 2.05) is 12.2 Å². The number of ether oxygens (including phenoxy) is 1. The summed E-state index contributed by atoms with van der Waals surface area (Å²) in [4.78, 5) is 22.6. The summed E-state index contributed by atoms with van der Waals surface area (Å²) in [5, 5.41) is 3.56. The van der Waals surface area contributed by atoms with Crippen LogP contribution in [0.2, 0.25) is 0 Å². The van der Waals surface area contributed by atoms with Gasteiger partial charge >= 0.3 is 0 Å². The number of aromatic amines is 1. The first-order valence-electron chi connectivity index (χ1n) is 10.2. The Balaban J connectivity index is 1.69. The number of fused-ring (bicyclic) bond motifs is 3. The molecule has 2 heterocycles. The number of aromatic nitrogens is 2. The van der Waals surface area contributed by atoms with E-state index < -0.39 is 0 Å². The fourth-order valence-corrected chi connectivity index (χ4v) is 4.17. The normalized spacial score (nSPS) is 20.7. The number of unbranched alkanes of at least 4 members (excludes halogenated alkanes) is 1. The van der Waals surface area contributed by atoms with Gasteiger partial charge in [0, 0.05) is 16.6 Å². The van der Waals surface area contributed by atoms with E-state index in [9.17, 15) is 4.79 Å². The fraction of sp³-hybridized carbons (Fsp3) is 0.619. The zero-order valence-corrected chi connectivity index (χ0v) is 18.8. The molecule has 0 radical (unpaired) electrons. The van der Waals surface area contributed by atoms with E-state index in [1.54, 1.807) is 0 Å². The third kappa shape index (κ3) is 4.93. The van der Waals surface area contributed by atoms with Crippen molar-refractivity contribution in [3.8, 4) is 5.75 Å². The highest BCUT2D eigenvalue weighted by atomic mass is 79.9. The van der Waals surface area contributed by atoms with Crippen LogP contribution in [0.1, 0.15) is 58.0 Å². The predicted molar refractivity (Wildman–Crippen MR) is 116 cm³/mol. The maximum absolute atomic E-state index is 12.5. The average Bonchev–Trinajstić information content (AvgIpc) is 3.02. The smallest absolute Gasteiger partial charge is 0.293 e. The van der Waals surface area contributed by atoms with Gasteiger partial charge in [0.1, 0.15) is 17.6 Å². The van der Waals surface area contributed by atoms with Crippen molar-refractivity contribution in [2.45, 2.75) is 64.6 Å². The van der Waals surface area contributed by atoms with Crippen LogP contribution in [-0.2, 0) is 6.54 Å². The molecule has 28 heavy (non-hydrogen) atoms. The van der Waals surface area contributed by atoms with Crippen molar-refractivity contribution in [3.05, 3.63) is 44.6 Å². The topological polar surface area (TPSA) is 70.2 Å². The van der Waals surface area contributed by atoms with Crippen LogP contribution in [0, 0.1) is 0 Å². The molecule has 1 aromatic heterocycles. The van der Waals surface area contributed by atoms with Crippen molar-refractivity contribution >= 4 is 15.9 Å². The van der Waals surface area contributed by atoms with Crippen LogP contribution < -0.4 is 15.6 Å². The highest BCUT2D eigenvalue weighted by Gasteiger charge is 2.37. The number of rotatable bonds is 9. The van der Waals surface area contributed by atoms with Crippen LogP contribution in [0.4, 0.5) is 0 Å². The maximum atomic E-state index is 12.5. The Labute approximate surface area is 175 Å². The molecule has 0 bridgehead atoms. The second-order valence-corrected chi connectivity index (χ2v) is 9.12. The largest absolute Gasteiger partial charge is 0.478 e. The Kier molecular flexibility index (Phi) is 6.78. The number of nitrogens with zero attached hydrogens (tertiary/aromatic N) is 2. The summed E-state index contributed by atoms with van der Waals surface area (Å²) < 4.78 is 6.80. The summed E-state index contributed by atoms with van der Waals surface area (Å²) in [5.74, 6) is 0.975. The Morgan fingerprint density at radius 3 is 2.89 bits per heavy atom. The lowest BCUT2D eigenvalue weighted by Gasteiger charge is -2.33. The molecule has 1 aliphatic carbocycles. The van der Waals surface area contributed by atoms with Crippen LogP contribution in [0.3, 0.4) is 0 Å². The SMILES string of the molecule is CCCCN(CC)CC(C)(C)NCc1nc2c(c(=O)[nH]1)OC1C=CC(Br)=CC21. The molecule has 1 aromatic rings. The number of allylic oxidation sites excluding steroid dienone is 2. The number of likely N-dealkylation sites (N-methyl/N-ethyl adjacent to an activating group) is 1. The Hall–Kier alpha value is -1.44. The van der Waals surface area contributed by atoms with Gasteiger partial charge in [-0.2, -0.15) is 0 Å². The number of halogens is 1. The van der Waals surface area contributed by atoms with Crippen molar-refractivity contribution in [2.75, 3.05) is 19.6 Å². The molecule has 2 unspecified atom stereocenters. The first-order chi connectivity index (χ1) is 13.3. The van der Waals surface area contributed by atoms with Gasteiger partial charge in [-0.05, 0) is 45.5 Å². The Morgan fingerprint density at radius 2 is 2.18 bits per heavy atom. The third-order valence-electron chi connectivity index (χ3n) is 5.29. The van der Waals surface area contributed by atoms with Gasteiger partial charge in [0.2, 0.25) is 5.75 Å². The maximum Gasteiger partial charge on any atom is 0.293 e. The Bertz CT molecular complexity index is 815. The number of H-pyrrole nitrogens is 1. The highest BCUT2D eigenvalue weighted by molar-refractivity contribution is 9.11. The predicted octanol–water partition coefficient (Wildman–Crippen LogP) is 3.45. The zero-order valence-electron chi connectivity index (χ0n) is 17.2. The minimum Gasteiger partial charge on any atom is -0.478 e. The van der Waals surface area contributed by atoms with Crippen molar-refractivity contribution in [1.29, 1.82) is 0 Å². The first kappa shape index (κ1) is 21.3. The zero-order chi connectivity index (χ0) is 20.3. The summed E-state index contributed by atoms with van der Waals surface area (Å²) in [7, 11) is 0. The lowest BCUT2D eigenvalue weighted by atomic mass is 9.96. The monoisotopic (exact) mass is 450 g/mol. The quantitative estimate of drug-likeness (QED) is 0.602. The van der Waals surface area contributed by atoms with E-state index in [0.29, 0.717) is 18.1 Å². The molecule has 7 heteroatoms. The van der Waals surface area contributed by atoms with E-state index >= 15 is 0 Å². The van der Waals surface area contributed by atoms with Gasteiger partial charge in [-0.3, -0.25) is 4.79 Å². The summed E-state index contributed by atoms with van der Waals surface area (Å²) in [6.45, 7) is 12.4. The van der Waals surface area contributed by atoms with Gasteiger partial charge in [-0.15, -0.1) is 0 Å². The van der Waals surface area contributed by atoms with Crippen LogP contribution >= 0.6 is 15.9 Å². The van der Waals surface area contributed by atoms with Gasteiger partial charge < -0.3 is 19.9 Å². The van der Waals surface area contributed by atoms with Crippen LogP contribution in [0.25, 0.3) is 0 Å². The van der Waals surface area contributed by atoms with E-state index in [0.717, 1.165) is 29.8 Å². The molecular formula is C21H31BrN4O2. The fourth-order valence-electron chi connectivity index (χ4n) is 3.73. The molecule has 0 amide bonds. The molecule has 0 saturated carbocycles. The van der Waals surface area contributed by atoms with Crippen LogP contribution in [-0.4, -0.2) is 46.1 Å². The van der Waals surface area contributed by atoms with Crippen LogP contribution in [0.15, 0.2) is 27.5 Å². The van der Waals surface area contributed by atoms with E-state index in [4.69, 9.17) is 9.72 Å². The lowest BCUT2D eigenvalue weighted by Crippen LogP contribution is -2.49. The second-order valence-electron chi connectivity index (χ2n) is 8.21. The van der Waals surface area contributed by atoms with Gasteiger partial charge in [0.15, 0.2) is 0 Å². The molecule has 0 aromatic carbocycles. The number of hydrogen-bond donors (Lipinski definition) is 2.